The SMILES string of the molecule is CC1(C)C(O)CC1NCCCOc1ccccc1. The summed E-state index contributed by atoms with van der Waals surface area (Å²) in [7, 11) is 0. The molecule has 0 saturated heterocycles. The molecule has 1 aliphatic carbocycles. The van der Waals surface area contributed by atoms with Crippen LogP contribution in [0.4, 0.5) is 0 Å². The van der Waals surface area contributed by atoms with Gasteiger partial charge in [-0.15, -0.1) is 0 Å². The van der Waals surface area contributed by atoms with E-state index >= 15 is 0 Å². The molecule has 2 atom stereocenters. The van der Waals surface area contributed by atoms with Gasteiger partial charge < -0.3 is 15.2 Å². The van der Waals surface area contributed by atoms with E-state index in [0.29, 0.717) is 6.04 Å². The van der Waals surface area contributed by atoms with Crippen LogP contribution in [0.25, 0.3) is 0 Å². The summed E-state index contributed by atoms with van der Waals surface area (Å²) in [5, 5.41) is 13.1. The molecule has 1 saturated carbocycles. The fourth-order valence-electron chi connectivity index (χ4n) is 2.30. The van der Waals surface area contributed by atoms with E-state index in [1.165, 1.54) is 0 Å². The molecule has 0 radical (unpaired) electrons. The molecule has 18 heavy (non-hydrogen) atoms. The van der Waals surface area contributed by atoms with Crippen LogP contribution in [0.1, 0.15) is 26.7 Å². The fourth-order valence-corrected chi connectivity index (χ4v) is 2.30. The Hall–Kier alpha value is -1.06. The minimum atomic E-state index is -0.157. The predicted molar refractivity (Wildman–Crippen MR) is 72.7 cm³/mol. The quantitative estimate of drug-likeness (QED) is 0.759. The summed E-state index contributed by atoms with van der Waals surface area (Å²) in [4.78, 5) is 0. The molecule has 1 aliphatic rings. The second kappa shape index (κ2) is 5.72. The van der Waals surface area contributed by atoms with Gasteiger partial charge in [0.05, 0.1) is 12.7 Å². The summed E-state index contributed by atoms with van der Waals surface area (Å²) >= 11 is 0. The van der Waals surface area contributed by atoms with Gasteiger partial charge in [-0.1, -0.05) is 32.0 Å². The number of aliphatic hydroxyl groups excluding tert-OH is 1. The number of hydrogen-bond acceptors (Lipinski definition) is 3. The molecule has 0 amide bonds. The molecule has 0 aliphatic heterocycles. The Morgan fingerprint density at radius 1 is 1.33 bits per heavy atom. The summed E-state index contributed by atoms with van der Waals surface area (Å²) < 4.78 is 5.62. The summed E-state index contributed by atoms with van der Waals surface area (Å²) in [5.41, 5.74) is 0.0142. The smallest absolute Gasteiger partial charge is 0.119 e. The molecule has 3 heteroatoms. The second-order valence-electron chi connectivity index (χ2n) is 5.59. The highest BCUT2D eigenvalue weighted by Crippen LogP contribution is 2.40. The highest BCUT2D eigenvalue weighted by molar-refractivity contribution is 5.20. The van der Waals surface area contributed by atoms with E-state index in [4.69, 9.17) is 4.74 Å². The van der Waals surface area contributed by atoms with Gasteiger partial charge in [0.15, 0.2) is 0 Å². The lowest BCUT2D eigenvalue weighted by atomic mass is 9.64. The maximum atomic E-state index is 9.63. The van der Waals surface area contributed by atoms with E-state index in [1.807, 2.05) is 30.3 Å². The number of para-hydroxylation sites is 1. The molecule has 0 heterocycles. The second-order valence-corrected chi connectivity index (χ2v) is 5.59. The van der Waals surface area contributed by atoms with Crippen LogP contribution in [0.5, 0.6) is 5.75 Å². The van der Waals surface area contributed by atoms with Gasteiger partial charge in [-0.3, -0.25) is 0 Å². The zero-order chi connectivity index (χ0) is 13.0. The van der Waals surface area contributed by atoms with Gasteiger partial charge in [0.1, 0.15) is 5.75 Å². The highest BCUT2D eigenvalue weighted by Gasteiger charge is 2.46. The van der Waals surface area contributed by atoms with E-state index in [9.17, 15) is 5.11 Å². The van der Waals surface area contributed by atoms with E-state index < -0.39 is 0 Å². The average molecular weight is 249 g/mol. The Labute approximate surface area is 109 Å². The number of benzene rings is 1. The van der Waals surface area contributed by atoms with Gasteiger partial charge in [-0.2, -0.15) is 0 Å². The lowest BCUT2D eigenvalue weighted by Crippen LogP contribution is -2.60. The third-order valence-electron chi connectivity index (χ3n) is 3.94. The van der Waals surface area contributed by atoms with E-state index in [1.54, 1.807) is 0 Å². The minimum Gasteiger partial charge on any atom is -0.494 e. The van der Waals surface area contributed by atoms with Crippen LogP contribution in [-0.4, -0.2) is 30.4 Å². The van der Waals surface area contributed by atoms with Gasteiger partial charge in [-0.25, -0.2) is 0 Å². The van der Waals surface area contributed by atoms with Gasteiger partial charge in [0, 0.05) is 11.5 Å². The molecule has 3 nitrogen and oxygen atoms in total. The Kier molecular flexibility index (Phi) is 4.25. The molecule has 1 aromatic rings. The lowest BCUT2D eigenvalue weighted by Gasteiger charge is -2.49. The maximum Gasteiger partial charge on any atom is 0.119 e. The van der Waals surface area contributed by atoms with Gasteiger partial charge in [0.2, 0.25) is 0 Å². The van der Waals surface area contributed by atoms with Crippen molar-refractivity contribution in [2.75, 3.05) is 13.2 Å². The van der Waals surface area contributed by atoms with Crippen LogP contribution < -0.4 is 10.1 Å². The van der Waals surface area contributed by atoms with Crippen LogP contribution in [0, 0.1) is 5.41 Å². The largest absolute Gasteiger partial charge is 0.494 e. The molecule has 2 rings (SSSR count). The number of nitrogens with one attached hydrogen (secondary N) is 1. The van der Waals surface area contributed by atoms with Crippen molar-refractivity contribution in [3.05, 3.63) is 30.3 Å². The normalized spacial score (nSPS) is 25.5. The van der Waals surface area contributed by atoms with Crippen molar-refractivity contribution >= 4 is 0 Å². The van der Waals surface area contributed by atoms with Crippen molar-refractivity contribution in [2.24, 2.45) is 5.41 Å². The van der Waals surface area contributed by atoms with Crippen molar-refractivity contribution in [1.29, 1.82) is 0 Å². The van der Waals surface area contributed by atoms with Crippen molar-refractivity contribution in [2.45, 2.75) is 38.8 Å². The number of rotatable bonds is 6. The van der Waals surface area contributed by atoms with Crippen molar-refractivity contribution in [1.82, 2.24) is 5.32 Å². The lowest BCUT2D eigenvalue weighted by molar-refractivity contribution is -0.0723. The van der Waals surface area contributed by atoms with Crippen LogP contribution >= 0.6 is 0 Å². The van der Waals surface area contributed by atoms with Crippen molar-refractivity contribution in [3.8, 4) is 5.75 Å². The molecule has 1 fully saturated rings. The van der Waals surface area contributed by atoms with Crippen molar-refractivity contribution < 1.29 is 9.84 Å². The Morgan fingerprint density at radius 3 is 2.67 bits per heavy atom. The third kappa shape index (κ3) is 3.03. The molecule has 0 aromatic heterocycles. The van der Waals surface area contributed by atoms with Gasteiger partial charge in [-0.05, 0) is 31.5 Å². The molecule has 0 spiro atoms. The minimum absolute atomic E-state index is 0.0142. The van der Waals surface area contributed by atoms with Crippen molar-refractivity contribution in [3.63, 3.8) is 0 Å². The first-order chi connectivity index (χ1) is 8.60. The third-order valence-corrected chi connectivity index (χ3v) is 3.94. The van der Waals surface area contributed by atoms with Crippen LogP contribution in [-0.2, 0) is 0 Å². The number of hydrogen-bond donors (Lipinski definition) is 2. The first-order valence-corrected chi connectivity index (χ1v) is 6.70. The monoisotopic (exact) mass is 249 g/mol. The van der Waals surface area contributed by atoms with Gasteiger partial charge >= 0.3 is 0 Å². The first kappa shape index (κ1) is 13.4. The topological polar surface area (TPSA) is 41.5 Å². The van der Waals surface area contributed by atoms with Crippen LogP contribution in [0.3, 0.4) is 0 Å². The molecule has 2 unspecified atom stereocenters. The number of aliphatic hydroxyl groups is 1. The maximum absolute atomic E-state index is 9.63. The predicted octanol–water partition coefficient (Wildman–Crippen LogP) is 2.20. The molecular weight excluding hydrogens is 226 g/mol. The Bertz CT molecular complexity index is 364. The summed E-state index contributed by atoms with van der Waals surface area (Å²) in [6, 6.07) is 10.3. The Balaban J connectivity index is 1.57. The summed E-state index contributed by atoms with van der Waals surface area (Å²) in [6.45, 7) is 5.89. The van der Waals surface area contributed by atoms with E-state index in [-0.39, 0.29) is 11.5 Å². The zero-order valence-corrected chi connectivity index (χ0v) is 11.2. The zero-order valence-electron chi connectivity index (χ0n) is 11.2. The summed E-state index contributed by atoms with van der Waals surface area (Å²) in [6.07, 6.45) is 1.69. The standard InChI is InChI=1S/C15H23NO2/c1-15(2)13(11-14(15)17)16-9-6-10-18-12-7-4-3-5-8-12/h3-5,7-8,13-14,16-17H,6,9-11H2,1-2H3. The molecular formula is C15H23NO2. The number of ether oxygens (including phenoxy) is 1. The summed E-state index contributed by atoms with van der Waals surface area (Å²) in [5.74, 6) is 0.928. The Morgan fingerprint density at radius 2 is 2.06 bits per heavy atom. The molecule has 100 valence electrons. The van der Waals surface area contributed by atoms with Gasteiger partial charge in [0.25, 0.3) is 0 Å². The molecule has 2 N–H and O–H groups in total. The van der Waals surface area contributed by atoms with Crippen LogP contribution in [0.2, 0.25) is 0 Å². The van der Waals surface area contributed by atoms with Crippen LogP contribution in [0.15, 0.2) is 30.3 Å². The molecule has 0 bridgehead atoms. The van der Waals surface area contributed by atoms with E-state index in [0.717, 1.165) is 31.7 Å². The fraction of sp³-hybridized carbons (Fsp3) is 0.600. The first-order valence-electron chi connectivity index (χ1n) is 6.70. The highest BCUT2D eigenvalue weighted by atomic mass is 16.5. The molecule has 1 aromatic carbocycles. The average Bonchev–Trinajstić information content (AvgIpc) is 2.38. The van der Waals surface area contributed by atoms with E-state index in [2.05, 4.69) is 19.2 Å².